The van der Waals surface area contributed by atoms with Crippen LogP contribution in [0.4, 0.5) is 0 Å². The van der Waals surface area contributed by atoms with E-state index in [2.05, 4.69) is 25.2 Å². The minimum Gasteiger partial charge on any atom is -0.310 e. The highest BCUT2D eigenvalue weighted by molar-refractivity contribution is 6.31. The predicted octanol–water partition coefficient (Wildman–Crippen LogP) is 3.57. The van der Waals surface area contributed by atoms with Crippen LogP contribution in [-0.2, 0) is 0 Å². The maximum Gasteiger partial charge on any atom is 0.0521 e. The molecular formula is C12H16ClN. The Balaban J connectivity index is 3.01. The van der Waals surface area contributed by atoms with Gasteiger partial charge < -0.3 is 5.32 Å². The summed E-state index contributed by atoms with van der Waals surface area (Å²) in [6.45, 7) is 4.17. The highest BCUT2D eigenvalue weighted by Crippen LogP contribution is 2.23. The van der Waals surface area contributed by atoms with Crippen molar-refractivity contribution in [1.29, 1.82) is 0 Å². The zero-order chi connectivity index (χ0) is 10.6. The Bertz CT molecular complexity index is 327. The molecule has 1 aromatic carbocycles. The molecule has 1 unspecified atom stereocenters. The Kier molecular flexibility index (Phi) is 4.18. The van der Waals surface area contributed by atoms with E-state index in [0.717, 1.165) is 10.6 Å². The van der Waals surface area contributed by atoms with Crippen LogP contribution in [0.15, 0.2) is 35.9 Å². The van der Waals surface area contributed by atoms with Gasteiger partial charge in [-0.3, -0.25) is 0 Å². The van der Waals surface area contributed by atoms with Crippen molar-refractivity contribution in [2.75, 3.05) is 7.05 Å². The van der Waals surface area contributed by atoms with Gasteiger partial charge in [0, 0.05) is 5.02 Å². The van der Waals surface area contributed by atoms with Crippen LogP contribution in [-0.4, -0.2) is 7.05 Å². The fourth-order valence-electron chi connectivity index (χ4n) is 1.39. The monoisotopic (exact) mass is 209 g/mol. The van der Waals surface area contributed by atoms with Crippen LogP contribution in [0.1, 0.15) is 25.5 Å². The van der Waals surface area contributed by atoms with Crippen LogP contribution < -0.4 is 5.32 Å². The molecule has 0 saturated heterocycles. The summed E-state index contributed by atoms with van der Waals surface area (Å²) in [4.78, 5) is 0. The molecule has 0 aliphatic rings. The molecule has 1 nitrogen and oxygen atoms in total. The second-order valence-electron chi connectivity index (χ2n) is 3.53. The molecule has 14 heavy (non-hydrogen) atoms. The van der Waals surface area contributed by atoms with Gasteiger partial charge in [-0.05, 0) is 32.5 Å². The largest absolute Gasteiger partial charge is 0.310 e. The van der Waals surface area contributed by atoms with Crippen molar-refractivity contribution in [1.82, 2.24) is 5.32 Å². The molecule has 1 aromatic rings. The summed E-state index contributed by atoms with van der Waals surface area (Å²) in [5, 5.41) is 4.04. The molecule has 76 valence electrons. The summed E-state index contributed by atoms with van der Waals surface area (Å²) in [5.41, 5.74) is 2.40. The predicted molar refractivity (Wildman–Crippen MR) is 62.7 cm³/mol. The fraction of sp³-hybridized carbons (Fsp3) is 0.333. The highest BCUT2D eigenvalue weighted by Gasteiger charge is 2.08. The first-order chi connectivity index (χ1) is 6.65. The normalized spacial score (nSPS) is 12.3. The third-order valence-electron chi connectivity index (χ3n) is 2.05. The molecule has 1 rings (SSSR count). The van der Waals surface area contributed by atoms with Crippen LogP contribution in [0.2, 0.25) is 5.02 Å². The van der Waals surface area contributed by atoms with E-state index in [1.807, 2.05) is 31.3 Å². The van der Waals surface area contributed by atoms with Crippen molar-refractivity contribution in [2.24, 2.45) is 0 Å². The average Bonchev–Trinajstić information content (AvgIpc) is 2.15. The van der Waals surface area contributed by atoms with Gasteiger partial charge in [0.25, 0.3) is 0 Å². The van der Waals surface area contributed by atoms with Gasteiger partial charge in [-0.1, -0.05) is 41.4 Å². The van der Waals surface area contributed by atoms with E-state index < -0.39 is 0 Å². The van der Waals surface area contributed by atoms with Gasteiger partial charge in [0.15, 0.2) is 0 Å². The second-order valence-corrected chi connectivity index (χ2v) is 3.94. The number of hydrogen-bond acceptors (Lipinski definition) is 1. The number of allylic oxidation sites excluding steroid dienone is 1. The summed E-state index contributed by atoms with van der Waals surface area (Å²) < 4.78 is 0. The van der Waals surface area contributed by atoms with Crippen molar-refractivity contribution >= 4 is 11.6 Å². The van der Waals surface area contributed by atoms with Crippen molar-refractivity contribution in [3.05, 3.63) is 46.5 Å². The van der Waals surface area contributed by atoms with Gasteiger partial charge in [0.1, 0.15) is 0 Å². The molecule has 0 aromatic heterocycles. The lowest BCUT2D eigenvalue weighted by Gasteiger charge is -2.14. The maximum absolute atomic E-state index is 6.11. The Morgan fingerprint density at radius 2 is 2.00 bits per heavy atom. The van der Waals surface area contributed by atoms with Crippen LogP contribution in [0.5, 0.6) is 0 Å². The maximum atomic E-state index is 6.11. The molecule has 0 saturated carbocycles. The summed E-state index contributed by atoms with van der Waals surface area (Å²) in [5.74, 6) is 0. The summed E-state index contributed by atoms with van der Waals surface area (Å²) >= 11 is 6.11. The second kappa shape index (κ2) is 5.18. The Labute approximate surface area is 90.8 Å². The number of nitrogens with one attached hydrogen (secondary N) is 1. The topological polar surface area (TPSA) is 12.0 Å². The molecule has 0 aliphatic heterocycles. The standard InChI is InChI=1S/C12H16ClN/c1-9(2)8-12(14-3)10-6-4-5-7-11(10)13/h4-8,12,14H,1-3H3. The summed E-state index contributed by atoms with van der Waals surface area (Å²) in [6, 6.07) is 8.11. The van der Waals surface area contributed by atoms with Crippen LogP contribution in [0.3, 0.4) is 0 Å². The van der Waals surface area contributed by atoms with Gasteiger partial charge in [-0.25, -0.2) is 0 Å². The van der Waals surface area contributed by atoms with Crippen molar-refractivity contribution in [3.63, 3.8) is 0 Å². The lowest BCUT2D eigenvalue weighted by molar-refractivity contribution is 0.710. The molecule has 0 fully saturated rings. The number of benzene rings is 1. The lowest BCUT2D eigenvalue weighted by atomic mass is 10.0. The quantitative estimate of drug-likeness (QED) is 0.751. The molecule has 2 heteroatoms. The molecule has 0 amide bonds. The van der Waals surface area contributed by atoms with Crippen molar-refractivity contribution in [3.8, 4) is 0 Å². The number of likely N-dealkylation sites (N-methyl/N-ethyl adjacent to an activating group) is 1. The van der Waals surface area contributed by atoms with Gasteiger partial charge in [0.05, 0.1) is 6.04 Å². The molecule has 1 N–H and O–H groups in total. The Morgan fingerprint density at radius 1 is 1.36 bits per heavy atom. The minimum atomic E-state index is 0.202. The molecule has 0 radical (unpaired) electrons. The molecule has 0 spiro atoms. The van der Waals surface area contributed by atoms with E-state index >= 15 is 0 Å². The molecule has 0 aliphatic carbocycles. The van der Waals surface area contributed by atoms with E-state index in [4.69, 9.17) is 11.6 Å². The zero-order valence-corrected chi connectivity index (χ0v) is 9.60. The fourth-order valence-corrected chi connectivity index (χ4v) is 1.64. The van der Waals surface area contributed by atoms with Gasteiger partial charge in [0.2, 0.25) is 0 Å². The first-order valence-electron chi connectivity index (χ1n) is 4.72. The van der Waals surface area contributed by atoms with E-state index in [1.54, 1.807) is 0 Å². The van der Waals surface area contributed by atoms with Crippen molar-refractivity contribution in [2.45, 2.75) is 19.9 Å². The van der Waals surface area contributed by atoms with Crippen molar-refractivity contribution < 1.29 is 0 Å². The molecule has 0 heterocycles. The SMILES string of the molecule is CNC(C=C(C)C)c1ccccc1Cl. The zero-order valence-electron chi connectivity index (χ0n) is 8.84. The summed E-state index contributed by atoms with van der Waals surface area (Å²) in [6.07, 6.45) is 2.17. The van der Waals surface area contributed by atoms with E-state index in [1.165, 1.54) is 5.57 Å². The molecule has 1 atom stereocenters. The van der Waals surface area contributed by atoms with Crippen LogP contribution in [0.25, 0.3) is 0 Å². The number of rotatable bonds is 3. The Hall–Kier alpha value is -0.790. The van der Waals surface area contributed by atoms with Gasteiger partial charge in [-0.15, -0.1) is 0 Å². The van der Waals surface area contributed by atoms with Gasteiger partial charge in [-0.2, -0.15) is 0 Å². The first kappa shape index (κ1) is 11.3. The molecular weight excluding hydrogens is 194 g/mol. The number of hydrogen-bond donors (Lipinski definition) is 1. The average molecular weight is 210 g/mol. The van der Waals surface area contributed by atoms with E-state index in [-0.39, 0.29) is 6.04 Å². The van der Waals surface area contributed by atoms with Crippen LogP contribution >= 0.6 is 11.6 Å². The lowest BCUT2D eigenvalue weighted by Crippen LogP contribution is -2.14. The minimum absolute atomic E-state index is 0.202. The summed E-state index contributed by atoms with van der Waals surface area (Å²) in [7, 11) is 1.94. The van der Waals surface area contributed by atoms with Crippen LogP contribution in [0, 0.1) is 0 Å². The van der Waals surface area contributed by atoms with E-state index in [0.29, 0.717) is 0 Å². The van der Waals surface area contributed by atoms with E-state index in [9.17, 15) is 0 Å². The third-order valence-corrected chi connectivity index (χ3v) is 2.40. The number of halogens is 1. The Morgan fingerprint density at radius 3 is 2.50 bits per heavy atom. The molecule has 0 bridgehead atoms. The highest BCUT2D eigenvalue weighted by atomic mass is 35.5. The van der Waals surface area contributed by atoms with Gasteiger partial charge >= 0.3 is 0 Å². The first-order valence-corrected chi connectivity index (χ1v) is 5.09. The smallest absolute Gasteiger partial charge is 0.0521 e. The third kappa shape index (κ3) is 2.86.